The third kappa shape index (κ3) is 8.06. The van der Waals surface area contributed by atoms with E-state index in [0.29, 0.717) is 18.0 Å². The number of aromatic amines is 1. The summed E-state index contributed by atoms with van der Waals surface area (Å²) in [7, 11) is 1.29. The number of nitrogens with zero attached hydrogens (tertiary/aromatic N) is 4. The van der Waals surface area contributed by atoms with Crippen LogP contribution in [0.4, 0.5) is 16.2 Å². The minimum atomic E-state index is -0.685. The molecule has 3 N–H and O–H groups in total. The van der Waals surface area contributed by atoms with Crippen molar-refractivity contribution >= 4 is 35.2 Å². The molecule has 3 aromatic carbocycles. The molecule has 12 nitrogen and oxygen atoms in total. The average Bonchev–Trinajstić information content (AvgIpc) is 3.71. The molecule has 12 heteroatoms. The van der Waals surface area contributed by atoms with Gasteiger partial charge in [-0.25, -0.2) is 9.78 Å². The van der Waals surface area contributed by atoms with Crippen LogP contribution in [-0.2, 0) is 14.3 Å². The Morgan fingerprint density at radius 1 is 0.811 bits per heavy atom. The van der Waals surface area contributed by atoms with Gasteiger partial charge >= 0.3 is 6.09 Å². The number of methoxy groups -OCH3 is 1. The van der Waals surface area contributed by atoms with Gasteiger partial charge in [0.15, 0.2) is 0 Å². The maximum atomic E-state index is 13.5. The van der Waals surface area contributed by atoms with Gasteiger partial charge in [0.1, 0.15) is 11.9 Å². The van der Waals surface area contributed by atoms with Crippen molar-refractivity contribution in [1.82, 2.24) is 25.1 Å². The molecule has 4 amide bonds. The lowest BCUT2D eigenvalue weighted by molar-refractivity contribution is -0.135. The number of piperazine rings is 1. The Morgan fingerprint density at radius 3 is 2.08 bits per heavy atom. The molecule has 0 radical (unpaired) electrons. The number of benzene rings is 3. The third-order valence-corrected chi connectivity index (χ3v) is 10.5. The molecule has 2 aliphatic heterocycles. The summed E-state index contributed by atoms with van der Waals surface area (Å²) in [6.07, 6.45) is 4.94. The lowest BCUT2D eigenvalue weighted by atomic mass is 10.0. The van der Waals surface area contributed by atoms with Crippen LogP contribution in [0.1, 0.15) is 61.8 Å². The summed E-state index contributed by atoms with van der Waals surface area (Å²) < 4.78 is 4.74. The molecule has 276 valence electrons. The number of amides is 4. The van der Waals surface area contributed by atoms with Crippen LogP contribution in [0.25, 0.3) is 22.4 Å². The summed E-state index contributed by atoms with van der Waals surface area (Å²) in [5.74, 6) is 0.869. The van der Waals surface area contributed by atoms with Crippen LogP contribution in [0.2, 0.25) is 0 Å². The Bertz CT molecular complexity index is 1930. The van der Waals surface area contributed by atoms with Crippen molar-refractivity contribution in [3.05, 3.63) is 90.4 Å². The zero-order chi connectivity index (χ0) is 37.1. The van der Waals surface area contributed by atoms with Crippen molar-refractivity contribution < 1.29 is 23.9 Å². The molecule has 1 saturated carbocycles. The molecule has 1 aromatic heterocycles. The van der Waals surface area contributed by atoms with Crippen LogP contribution in [0.5, 0.6) is 0 Å². The number of hydrogen-bond donors (Lipinski definition) is 3. The Labute approximate surface area is 309 Å². The molecule has 0 spiro atoms. The van der Waals surface area contributed by atoms with Crippen LogP contribution in [0.15, 0.2) is 79.0 Å². The van der Waals surface area contributed by atoms with Crippen LogP contribution >= 0.6 is 0 Å². The summed E-state index contributed by atoms with van der Waals surface area (Å²) in [4.78, 5) is 65.1. The van der Waals surface area contributed by atoms with Gasteiger partial charge in [-0.1, -0.05) is 50.2 Å². The molecular weight excluding hydrogens is 670 g/mol. The lowest BCUT2D eigenvalue weighted by Crippen LogP contribution is -2.51. The van der Waals surface area contributed by atoms with E-state index in [0.717, 1.165) is 91.4 Å². The minimum absolute atomic E-state index is 0.102. The first-order valence-electron chi connectivity index (χ1n) is 18.5. The molecule has 7 rings (SSSR count). The van der Waals surface area contributed by atoms with E-state index >= 15 is 0 Å². The lowest BCUT2D eigenvalue weighted by Gasteiger charge is -2.36. The smallest absolute Gasteiger partial charge is 0.407 e. The monoisotopic (exact) mass is 717 g/mol. The van der Waals surface area contributed by atoms with Crippen molar-refractivity contribution in [2.45, 2.75) is 51.6 Å². The first-order chi connectivity index (χ1) is 25.7. The maximum absolute atomic E-state index is 13.5. The number of H-pyrrole nitrogens is 1. The number of hydrogen-bond acceptors (Lipinski definition) is 7. The number of carbonyl (C=O) groups is 4. The molecule has 1 aliphatic carbocycles. The molecule has 3 fully saturated rings. The van der Waals surface area contributed by atoms with Gasteiger partial charge < -0.3 is 35.1 Å². The first kappa shape index (κ1) is 35.7. The highest BCUT2D eigenvalue weighted by Gasteiger charge is 2.38. The highest BCUT2D eigenvalue weighted by molar-refractivity contribution is 6.04. The van der Waals surface area contributed by atoms with Gasteiger partial charge in [0.25, 0.3) is 5.91 Å². The number of imidazole rings is 1. The van der Waals surface area contributed by atoms with Crippen molar-refractivity contribution in [2.75, 3.05) is 50.1 Å². The number of aromatic nitrogens is 2. The highest BCUT2D eigenvalue weighted by Crippen LogP contribution is 2.34. The minimum Gasteiger partial charge on any atom is -0.453 e. The first-order valence-corrected chi connectivity index (χ1v) is 18.5. The fourth-order valence-electron chi connectivity index (χ4n) is 7.23. The van der Waals surface area contributed by atoms with E-state index in [4.69, 9.17) is 9.72 Å². The molecule has 4 aromatic rings. The summed E-state index contributed by atoms with van der Waals surface area (Å²) in [5.41, 5.74) is 6.09. The van der Waals surface area contributed by atoms with Crippen molar-refractivity contribution in [2.24, 2.45) is 11.8 Å². The fourth-order valence-corrected chi connectivity index (χ4v) is 7.23. The van der Waals surface area contributed by atoms with E-state index in [1.807, 2.05) is 97.7 Å². The Balaban J connectivity index is 0.933. The number of nitrogens with one attached hydrogen (secondary N) is 3. The van der Waals surface area contributed by atoms with Gasteiger partial charge in [0, 0.05) is 67.3 Å². The van der Waals surface area contributed by atoms with E-state index in [1.54, 1.807) is 4.90 Å². The fraction of sp³-hybridized carbons (Fsp3) is 0.390. The Kier molecular flexibility index (Phi) is 10.5. The highest BCUT2D eigenvalue weighted by atomic mass is 16.5. The number of ether oxygens (including phenoxy) is 1. The molecule has 3 aliphatic rings. The molecule has 2 saturated heterocycles. The van der Waals surface area contributed by atoms with E-state index in [9.17, 15) is 19.2 Å². The molecule has 0 bridgehead atoms. The quantitative estimate of drug-likeness (QED) is 0.180. The average molecular weight is 718 g/mol. The molecule has 53 heavy (non-hydrogen) atoms. The van der Waals surface area contributed by atoms with Crippen molar-refractivity contribution in [1.29, 1.82) is 0 Å². The maximum Gasteiger partial charge on any atom is 0.407 e. The second-order valence-electron chi connectivity index (χ2n) is 14.5. The predicted molar refractivity (Wildman–Crippen MR) is 203 cm³/mol. The van der Waals surface area contributed by atoms with Gasteiger partial charge in [0.05, 0.1) is 18.8 Å². The van der Waals surface area contributed by atoms with Crippen molar-refractivity contribution in [3.8, 4) is 22.4 Å². The number of carbonyl (C=O) groups excluding carboxylic acids is 4. The van der Waals surface area contributed by atoms with Gasteiger partial charge in [-0.05, 0) is 79.1 Å². The normalized spacial score (nSPS) is 17.8. The zero-order valence-corrected chi connectivity index (χ0v) is 30.5. The van der Waals surface area contributed by atoms with Gasteiger partial charge in [-0.2, -0.15) is 0 Å². The Morgan fingerprint density at radius 2 is 1.45 bits per heavy atom. The van der Waals surface area contributed by atoms with Gasteiger partial charge in [-0.3, -0.25) is 14.4 Å². The summed E-state index contributed by atoms with van der Waals surface area (Å²) in [5, 5.41) is 5.69. The topological polar surface area (TPSA) is 140 Å². The van der Waals surface area contributed by atoms with Crippen LogP contribution in [0, 0.1) is 11.8 Å². The zero-order valence-electron chi connectivity index (χ0n) is 30.5. The summed E-state index contributed by atoms with van der Waals surface area (Å²) in [6.45, 7) is 7.52. The van der Waals surface area contributed by atoms with E-state index in [-0.39, 0.29) is 29.7 Å². The van der Waals surface area contributed by atoms with Gasteiger partial charge in [0.2, 0.25) is 11.8 Å². The molecule has 2 atom stereocenters. The second kappa shape index (κ2) is 15.5. The number of alkyl carbamates (subject to hydrolysis) is 1. The predicted octanol–water partition coefficient (Wildman–Crippen LogP) is 6.10. The molecule has 0 unspecified atom stereocenters. The summed E-state index contributed by atoms with van der Waals surface area (Å²) >= 11 is 0. The van der Waals surface area contributed by atoms with E-state index < -0.39 is 12.1 Å². The van der Waals surface area contributed by atoms with Crippen LogP contribution < -0.4 is 15.5 Å². The summed E-state index contributed by atoms with van der Waals surface area (Å²) in [6, 6.07) is 22.6. The molecular formula is C41H47N7O5. The van der Waals surface area contributed by atoms with E-state index in [2.05, 4.69) is 20.5 Å². The van der Waals surface area contributed by atoms with E-state index in [1.165, 1.54) is 7.11 Å². The van der Waals surface area contributed by atoms with Crippen molar-refractivity contribution in [3.63, 3.8) is 0 Å². The Hall–Kier alpha value is -5.65. The number of likely N-dealkylation sites (tertiary alicyclic amines) is 1. The number of anilines is 2. The molecule has 3 heterocycles. The largest absolute Gasteiger partial charge is 0.453 e. The standard InChI is InChI=1S/C41H47N7O5/c1-26(2)36(45-41(52)53-3)40(51)48-20-4-5-35(48)37-42-25-34(44-37)29-10-6-27(7-11-29)28-8-12-30(13-9-28)38(49)43-32-16-18-33(19-17-32)46-21-23-47(24-22-46)39(50)31-14-15-31/h6-13,16-19,25-26,31,35-36H,4-5,14-15,20-24H2,1-3H3,(H,42,44)(H,43,49)(H,45,52)/t35-,36-/m0/s1. The SMILES string of the molecule is COC(=O)N[C@H](C(=O)N1CCC[C@H]1c1nc(-c2ccc(-c3ccc(C(=O)Nc4ccc(N5CCN(C(=O)C6CC6)CC5)cc4)cc3)cc2)c[nH]1)C(C)C. The third-order valence-electron chi connectivity index (χ3n) is 10.5. The van der Waals surface area contributed by atoms with Gasteiger partial charge in [-0.15, -0.1) is 0 Å². The second-order valence-corrected chi connectivity index (χ2v) is 14.5. The van der Waals surface area contributed by atoms with Crippen LogP contribution in [0.3, 0.4) is 0 Å². The van der Waals surface area contributed by atoms with Crippen LogP contribution in [-0.4, -0.2) is 89.5 Å². The number of rotatable bonds is 10.